The summed E-state index contributed by atoms with van der Waals surface area (Å²) in [5.41, 5.74) is 0.902. The van der Waals surface area contributed by atoms with Crippen LogP contribution in [-0.2, 0) is 4.74 Å². The Hall–Kier alpha value is -1.22. The molecule has 0 bridgehead atoms. The third-order valence-corrected chi connectivity index (χ3v) is 3.60. The lowest BCUT2D eigenvalue weighted by atomic mass is 10.2. The highest BCUT2D eigenvalue weighted by molar-refractivity contribution is 14.0. The number of para-hydroxylation sites is 2. The van der Waals surface area contributed by atoms with Crippen molar-refractivity contribution in [2.45, 2.75) is 0 Å². The fourth-order valence-corrected chi connectivity index (χ4v) is 2.49. The minimum Gasteiger partial charge on any atom is -0.506 e. The van der Waals surface area contributed by atoms with Crippen molar-refractivity contribution >= 4 is 35.6 Å². The molecule has 1 aliphatic rings. The molecular formula is C15H25IN4O2. The summed E-state index contributed by atoms with van der Waals surface area (Å²) < 4.78 is 5.04. The van der Waals surface area contributed by atoms with E-state index in [0.717, 1.165) is 44.4 Å². The number of ether oxygens (including phenoxy) is 1. The molecule has 0 saturated carbocycles. The minimum atomic E-state index is 0. The van der Waals surface area contributed by atoms with E-state index in [1.807, 2.05) is 18.2 Å². The Bertz CT molecular complexity index is 476. The van der Waals surface area contributed by atoms with Crippen molar-refractivity contribution in [3.05, 3.63) is 24.3 Å². The number of nitrogens with one attached hydrogen (secondary N) is 1. The summed E-state index contributed by atoms with van der Waals surface area (Å²) in [6.07, 6.45) is 0. The number of aliphatic imine (C=N–C) groups is 1. The lowest BCUT2D eigenvalue weighted by Gasteiger charge is -2.37. The summed E-state index contributed by atoms with van der Waals surface area (Å²) in [5.74, 6) is 1.25. The van der Waals surface area contributed by atoms with E-state index in [1.165, 1.54) is 0 Å². The zero-order valence-corrected chi connectivity index (χ0v) is 15.5. The minimum absolute atomic E-state index is 0. The molecule has 1 saturated heterocycles. The highest BCUT2D eigenvalue weighted by Crippen LogP contribution is 2.27. The molecule has 2 N–H and O–H groups in total. The average molecular weight is 420 g/mol. The van der Waals surface area contributed by atoms with Crippen LogP contribution in [0.1, 0.15) is 0 Å². The fourth-order valence-electron chi connectivity index (χ4n) is 2.49. The lowest BCUT2D eigenvalue weighted by Crippen LogP contribution is -2.53. The number of hydrogen-bond acceptors (Lipinski definition) is 4. The van der Waals surface area contributed by atoms with E-state index in [9.17, 15) is 5.11 Å². The third-order valence-electron chi connectivity index (χ3n) is 3.60. The Morgan fingerprint density at radius 1 is 1.27 bits per heavy atom. The largest absolute Gasteiger partial charge is 0.506 e. The normalized spacial score (nSPS) is 15.5. The number of rotatable bonds is 4. The van der Waals surface area contributed by atoms with Crippen LogP contribution in [0, 0.1) is 0 Å². The molecule has 0 spiro atoms. The number of nitrogens with zero attached hydrogens (tertiary/aromatic N) is 3. The predicted molar refractivity (Wildman–Crippen MR) is 101 cm³/mol. The molecule has 1 aromatic carbocycles. The summed E-state index contributed by atoms with van der Waals surface area (Å²) in [6.45, 7) is 4.90. The van der Waals surface area contributed by atoms with Crippen LogP contribution in [0.15, 0.2) is 29.3 Å². The van der Waals surface area contributed by atoms with Crippen LogP contribution < -0.4 is 10.2 Å². The van der Waals surface area contributed by atoms with Gasteiger partial charge in [0.25, 0.3) is 0 Å². The smallest absolute Gasteiger partial charge is 0.193 e. The molecule has 0 unspecified atom stereocenters. The topological polar surface area (TPSA) is 60.3 Å². The Labute approximate surface area is 149 Å². The van der Waals surface area contributed by atoms with Crippen molar-refractivity contribution in [1.29, 1.82) is 0 Å². The highest BCUT2D eigenvalue weighted by Gasteiger charge is 2.20. The van der Waals surface area contributed by atoms with E-state index in [2.05, 4.69) is 20.1 Å². The number of phenolic OH excluding ortho intramolecular Hbond substituents is 1. The van der Waals surface area contributed by atoms with Crippen molar-refractivity contribution < 1.29 is 9.84 Å². The number of aromatic hydroxyl groups is 1. The van der Waals surface area contributed by atoms with E-state index >= 15 is 0 Å². The zero-order valence-electron chi connectivity index (χ0n) is 13.2. The predicted octanol–water partition coefficient (Wildman–Crippen LogP) is 1.35. The molecule has 0 aromatic heterocycles. The Morgan fingerprint density at radius 2 is 1.95 bits per heavy atom. The number of methoxy groups -OCH3 is 1. The van der Waals surface area contributed by atoms with Gasteiger partial charge in [0.2, 0.25) is 0 Å². The second-order valence-corrected chi connectivity index (χ2v) is 4.93. The van der Waals surface area contributed by atoms with Gasteiger partial charge in [0.15, 0.2) is 5.96 Å². The van der Waals surface area contributed by atoms with Gasteiger partial charge >= 0.3 is 0 Å². The molecular weight excluding hydrogens is 395 g/mol. The van der Waals surface area contributed by atoms with Gasteiger partial charge in [0, 0.05) is 46.9 Å². The standard InChI is InChI=1S/C15H24N4O2.HI/c1-16-15(17-7-12-21-2)19-10-8-18(9-11-19)13-5-3-4-6-14(13)20;/h3-6,20H,7-12H2,1-2H3,(H,16,17);1H. The molecule has 0 atom stereocenters. The molecule has 1 heterocycles. The molecule has 0 aliphatic carbocycles. The summed E-state index contributed by atoms with van der Waals surface area (Å²) in [4.78, 5) is 8.74. The molecule has 22 heavy (non-hydrogen) atoms. The Balaban J connectivity index is 0.00000242. The van der Waals surface area contributed by atoms with E-state index in [4.69, 9.17) is 4.74 Å². The number of piperazine rings is 1. The fraction of sp³-hybridized carbons (Fsp3) is 0.533. The van der Waals surface area contributed by atoms with E-state index in [1.54, 1.807) is 20.2 Å². The van der Waals surface area contributed by atoms with Gasteiger partial charge in [0.1, 0.15) is 5.75 Å². The van der Waals surface area contributed by atoms with Gasteiger partial charge in [-0.3, -0.25) is 4.99 Å². The van der Waals surface area contributed by atoms with Gasteiger partial charge in [-0.15, -0.1) is 24.0 Å². The summed E-state index contributed by atoms with van der Waals surface area (Å²) in [7, 11) is 3.49. The molecule has 6 nitrogen and oxygen atoms in total. The Morgan fingerprint density at radius 3 is 2.55 bits per heavy atom. The number of guanidine groups is 1. The zero-order chi connectivity index (χ0) is 15.1. The van der Waals surface area contributed by atoms with E-state index < -0.39 is 0 Å². The van der Waals surface area contributed by atoms with Gasteiger partial charge in [0.05, 0.1) is 12.3 Å². The maximum Gasteiger partial charge on any atom is 0.193 e. The molecule has 0 amide bonds. The maximum atomic E-state index is 9.92. The molecule has 1 aliphatic heterocycles. The van der Waals surface area contributed by atoms with Gasteiger partial charge in [-0.05, 0) is 12.1 Å². The first-order valence-electron chi connectivity index (χ1n) is 7.23. The number of phenols is 1. The number of benzene rings is 1. The maximum absolute atomic E-state index is 9.92. The van der Waals surface area contributed by atoms with Crippen molar-refractivity contribution in [3.63, 3.8) is 0 Å². The van der Waals surface area contributed by atoms with Crippen LogP contribution >= 0.6 is 24.0 Å². The summed E-state index contributed by atoms with van der Waals surface area (Å²) >= 11 is 0. The monoisotopic (exact) mass is 420 g/mol. The number of hydrogen-bond donors (Lipinski definition) is 2. The van der Waals surface area contributed by atoms with Gasteiger partial charge in [-0.25, -0.2) is 0 Å². The van der Waals surface area contributed by atoms with Crippen molar-refractivity contribution in [1.82, 2.24) is 10.2 Å². The lowest BCUT2D eigenvalue weighted by molar-refractivity contribution is 0.202. The van der Waals surface area contributed by atoms with E-state index in [0.29, 0.717) is 12.4 Å². The van der Waals surface area contributed by atoms with E-state index in [-0.39, 0.29) is 24.0 Å². The molecule has 2 rings (SSSR count). The van der Waals surface area contributed by atoms with Crippen LogP contribution in [-0.4, -0.2) is 69.5 Å². The number of anilines is 1. The van der Waals surface area contributed by atoms with Gasteiger partial charge in [-0.2, -0.15) is 0 Å². The van der Waals surface area contributed by atoms with Crippen LogP contribution in [0.25, 0.3) is 0 Å². The number of halogens is 1. The highest BCUT2D eigenvalue weighted by atomic mass is 127. The van der Waals surface area contributed by atoms with Gasteiger partial charge < -0.3 is 25.0 Å². The Kier molecular flexibility index (Phi) is 8.32. The molecule has 0 radical (unpaired) electrons. The van der Waals surface area contributed by atoms with Crippen LogP contribution in [0.3, 0.4) is 0 Å². The quantitative estimate of drug-likeness (QED) is 0.334. The van der Waals surface area contributed by atoms with Crippen LogP contribution in [0.4, 0.5) is 5.69 Å². The first kappa shape index (κ1) is 18.8. The SMILES string of the molecule is CN=C(NCCOC)N1CCN(c2ccccc2O)CC1.I. The van der Waals surface area contributed by atoms with Crippen molar-refractivity contribution in [3.8, 4) is 5.75 Å². The summed E-state index contributed by atoms with van der Waals surface area (Å²) in [6, 6.07) is 7.48. The second kappa shape index (κ2) is 9.73. The third kappa shape index (κ3) is 4.91. The van der Waals surface area contributed by atoms with Crippen molar-refractivity contribution in [2.75, 3.05) is 58.4 Å². The molecule has 124 valence electrons. The van der Waals surface area contributed by atoms with Crippen LogP contribution in [0.5, 0.6) is 5.75 Å². The van der Waals surface area contributed by atoms with Crippen LogP contribution in [0.2, 0.25) is 0 Å². The summed E-state index contributed by atoms with van der Waals surface area (Å²) in [5, 5.41) is 13.2. The average Bonchev–Trinajstić information content (AvgIpc) is 2.53. The van der Waals surface area contributed by atoms with Gasteiger partial charge in [-0.1, -0.05) is 12.1 Å². The second-order valence-electron chi connectivity index (χ2n) is 4.93. The first-order chi connectivity index (χ1) is 10.3. The molecule has 1 fully saturated rings. The molecule has 7 heteroatoms. The van der Waals surface area contributed by atoms with Crippen molar-refractivity contribution in [2.24, 2.45) is 4.99 Å². The molecule has 1 aromatic rings. The first-order valence-corrected chi connectivity index (χ1v) is 7.23.